The zero-order chi connectivity index (χ0) is 31.6. The SMILES string of the molecule is CCN(CC)C(=O)[C@@H]1C[C@@H](N)CN1C(=O)CCc1c(C)nc(=O)[nH]c1C.O=C(O)C(F)(F)F.O=C(O)C(F)(F)F. The Kier molecular flexibility index (Phi) is 13.8. The number of carboxylic acid groups (broad SMARTS) is 2. The Morgan fingerprint density at radius 3 is 1.85 bits per heavy atom. The molecule has 0 aliphatic carbocycles. The molecule has 1 fully saturated rings. The fourth-order valence-electron chi connectivity index (χ4n) is 3.62. The first-order valence-electron chi connectivity index (χ1n) is 11.7. The van der Waals surface area contributed by atoms with Crippen molar-refractivity contribution in [2.75, 3.05) is 19.6 Å². The molecule has 1 aliphatic rings. The van der Waals surface area contributed by atoms with Gasteiger partial charge in [0, 0.05) is 43.5 Å². The number of aryl methyl sites for hydroxylation is 2. The van der Waals surface area contributed by atoms with Crippen LogP contribution in [-0.2, 0) is 25.6 Å². The number of likely N-dealkylation sites (tertiary alicyclic amines) is 1. The van der Waals surface area contributed by atoms with Crippen molar-refractivity contribution >= 4 is 23.8 Å². The number of nitrogens with zero attached hydrogens (tertiary/aromatic N) is 3. The largest absolute Gasteiger partial charge is 0.490 e. The number of hydrogen-bond donors (Lipinski definition) is 4. The molecule has 40 heavy (non-hydrogen) atoms. The first-order valence-corrected chi connectivity index (χ1v) is 11.7. The zero-order valence-corrected chi connectivity index (χ0v) is 22.0. The fourth-order valence-corrected chi connectivity index (χ4v) is 3.62. The lowest BCUT2D eigenvalue weighted by molar-refractivity contribution is -0.193. The van der Waals surface area contributed by atoms with Crippen LogP contribution in [0, 0.1) is 13.8 Å². The molecule has 0 spiro atoms. The van der Waals surface area contributed by atoms with Crippen molar-refractivity contribution in [2.24, 2.45) is 5.73 Å². The Labute approximate surface area is 224 Å². The maximum absolute atomic E-state index is 12.8. The molecule has 5 N–H and O–H groups in total. The molecular weight excluding hydrogens is 560 g/mol. The van der Waals surface area contributed by atoms with Crippen LogP contribution in [0.5, 0.6) is 0 Å². The molecular formula is C22H31F6N5O7. The van der Waals surface area contributed by atoms with Gasteiger partial charge < -0.3 is 30.7 Å². The van der Waals surface area contributed by atoms with Crippen molar-refractivity contribution in [1.29, 1.82) is 0 Å². The molecule has 0 aromatic carbocycles. The molecule has 0 saturated carbocycles. The van der Waals surface area contributed by atoms with E-state index in [0.29, 0.717) is 38.2 Å². The minimum Gasteiger partial charge on any atom is -0.475 e. The van der Waals surface area contributed by atoms with Crippen LogP contribution in [-0.4, -0.2) is 97.8 Å². The third-order valence-corrected chi connectivity index (χ3v) is 5.54. The minimum absolute atomic E-state index is 0.0330. The first kappa shape index (κ1) is 36.3. The highest BCUT2D eigenvalue weighted by atomic mass is 19.4. The predicted molar refractivity (Wildman–Crippen MR) is 126 cm³/mol. The number of carbonyl (C=O) groups excluding carboxylic acids is 2. The van der Waals surface area contributed by atoms with Gasteiger partial charge in [-0.1, -0.05) is 0 Å². The Balaban J connectivity index is 0.000000894. The van der Waals surface area contributed by atoms with Gasteiger partial charge in [-0.25, -0.2) is 14.4 Å². The molecule has 228 valence electrons. The summed E-state index contributed by atoms with van der Waals surface area (Å²) in [5, 5.41) is 14.2. The number of aromatic amines is 1. The molecule has 0 radical (unpaired) electrons. The number of carboxylic acids is 2. The number of alkyl halides is 6. The van der Waals surface area contributed by atoms with E-state index in [2.05, 4.69) is 9.97 Å². The highest BCUT2D eigenvalue weighted by Gasteiger charge is 2.40. The van der Waals surface area contributed by atoms with Gasteiger partial charge in [-0.2, -0.15) is 31.3 Å². The molecule has 0 bridgehead atoms. The number of aliphatic carboxylic acids is 2. The van der Waals surface area contributed by atoms with Crippen molar-refractivity contribution in [2.45, 2.75) is 71.4 Å². The second-order valence-corrected chi connectivity index (χ2v) is 8.40. The van der Waals surface area contributed by atoms with E-state index in [4.69, 9.17) is 25.5 Å². The van der Waals surface area contributed by atoms with Crippen LogP contribution < -0.4 is 11.4 Å². The molecule has 2 amide bonds. The van der Waals surface area contributed by atoms with Gasteiger partial charge in [0.15, 0.2) is 0 Å². The maximum Gasteiger partial charge on any atom is 0.490 e. The number of halogens is 6. The standard InChI is InChI=1S/C18H29N5O3.2C2HF3O2/c1-5-22(6-2)17(25)15-9-13(19)10-23(15)16(24)8-7-14-11(3)20-18(26)21-12(14)4;2*3-2(4,5)1(6)7/h13,15H,5-10,19H2,1-4H3,(H,20,21,26);2*(H,6,7)/t13-,15+;;/m1../s1. The number of H-pyrrole nitrogens is 1. The Hall–Kier alpha value is -3.70. The molecule has 0 unspecified atom stereocenters. The third kappa shape index (κ3) is 11.6. The van der Waals surface area contributed by atoms with Gasteiger partial charge in [0.1, 0.15) is 6.04 Å². The molecule has 2 rings (SSSR count). The number of aromatic nitrogens is 2. The molecule has 1 aromatic heterocycles. The fraction of sp³-hybridized carbons (Fsp3) is 0.636. The number of amides is 2. The summed E-state index contributed by atoms with van der Waals surface area (Å²) in [6, 6.07) is -0.657. The highest BCUT2D eigenvalue weighted by Crippen LogP contribution is 2.21. The van der Waals surface area contributed by atoms with E-state index < -0.39 is 30.3 Å². The van der Waals surface area contributed by atoms with Gasteiger partial charge in [-0.15, -0.1) is 0 Å². The van der Waals surface area contributed by atoms with Crippen LogP contribution in [0.25, 0.3) is 0 Å². The maximum atomic E-state index is 12.8. The van der Waals surface area contributed by atoms with E-state index in [9.17, 15) is 40.7 Å². The minimum atomic E-state index is -5.08. The normalized spacial score (nSPS) is 16.7. The average molecular weight is 592 g/mol. The average Bonchev–Trinajstić information content (AvgIpc) is 3.20. The number of carbonyl (C=O) groups is 4. The van der Waals surface area contributed by atoms with Gasteiger partial charge in [0.25, 0.3) is 0 Å². The molecule has 1 aliphatic heterocycles. The van der Waals surface area contributed by atoms with Gasteiger partial charge >= 0.3 is 30.0 Å². The molecule has 2 heterocycles. The summed E-state index contributed by atoms with van der Waals surface area (Å²) in [6.45, 7) is 9.05. The van der Waals surface area contributed by atoms with E-state index in [1.807, 2.05) is 13.8 Å². The second-order valence-electron chi connectivity index (χ2n) is 8.40. The smallest absolute Gasteiger partial charge is 0.475 e. The summed E-state index contributed by atoms with van der Waals surface area (Å²) in [5.74, 6) is -5.64. The van der Waals surface area contributed by atoms with Gasteiger partial charge in [-0.3, -0.25) is 9.59 Å². The van der Waals surface area contributed by atoms with Gasteiger partial charge in [0.05, 0.1) is 0 Å². The zero-order valence-electron chi connectivity index (χ0n) is 22.0. The molecule has 1 aromatic rings. The van der Waals surface area contributed by atoms with Crippen LogP contribution in [0.1, 0.15) is 43.6 Å². The Morgan fingerprint density at radius 2 is 1.48 bits per heavy atom. The third-order valence-electron chi connectivity index (χ3n) is 5.54. The predicted octanol–water partition coefficient (Wildman–Crippen LogP) is 1.38. The van der Waals surface area contributed by atoms with Crippen molar-refractivity contribution in [3.63, 3.8) is 0 Å². The van der Waals surface area contributed by atoms with Crippen molar-refractivity contribution in [3.8, 4) is 0 Å². The summed E-state index contributed by atoms with van der Waals surface area (Å²) in [4.78, 5) is 64.6. The van der Waals surface area contributed by atoms with Crippen LogP contribution in [0.2, 0.25) is 0 Å². The van der Waals surface area contributed by atoms with E-state index in [1.54, 1.807) is 23.6 Å². The van der Waals surface area contributed by atoms with Crippen molar-refractivity contribution in [3.05, 3.63) is 27.4 Å². The summed E-state index contributed by atoms with van der Waals surface area (Å²) in [6.07, 6.45) is -8.94. The van der Waals surface area contributed by atoms with Crippen LogP contribution in [0.3, 0.4) is 0 Å². The quantitative estimate of drug-likeness (QED) is 0.355. The van der Waals surface area contributed by atoms with Crippen LogP contribution in [0.4, 0.5) is 26.3 Å². The number of nitrogens with one attached hydrogen (secondary N) is 1. The summed E-state index contributed by atoms with van der Waals surface area (Å²) in [7, 11) is 0. The topological polar surface area (TPSA) is 187 Å². The monoisotopic (exact) mass is 591 g/mol. The highest BCUT2D eigenvalue weighted by molar-refractivity contribution is 5.88. The summed E-state index contributed by atoms with van der Waals surface area (Å²) in [5.41, 5.74) is 7.88. The van der Waals surface area contributed by atoms with Gasteiger partial charge in [0.2, 0.25) is 11.8 Å². The van der Waals surface area contributed by atoms with Crippen molar-refractivity contribution in [1.82, 2.24) is 19.8 Å². The lowest BCUT2D eigenvalue weighted by Gasteiger charge is -2.29. The number of rotatable bonds is 6. The van der Waals surface area contributed by atoms with E-state index in [1.165, 1.54) is 0 Å². The number of nitrogens with two attached hydrogens (primary N) is 1. The lowest BCUT2D eigenvalue weighted by atomic mass is 10.1. The molecule has 2 atom stereocenters. The van der Waals surface area contributed by atoms with Crippen LogP contribution in [0.15, 0.2) is 4.79 Å². The van der Waals surface area contributed by atoms with Crippen molar-refractivity contribution < 1.29 is 55.7 Å². The Morgan fingerprint density at radius 1 is 1.02 bits per heavy atom. The van der Waals surface area contributed by atoms with E-state index in [0.717, 1.165) is 11.3 Å². The lowest BCUT2D eigenvalue weighted by Crippen LogP contribution is -2.47. The first-order chi connectivity index (χ1) is 18.2. The Bertz CT molecular complexity index is 1050. The number of hydrogen-bond acceptors (Lipinski definition) is 7. The molecule has 1 saturated heterocycles. The molecule has 18 heteroatoms. The van der Waals surface area contributed by atoms with Crippen LogP contribution >= 0.6 is 0 Å². The summed E-state index contributed by atoms with van der Waals surface area (Å²) >= 11 is 0. The second kappa shape index (κ2) is 15.2. The van der Waals surface area contributed by atoms with Gasteiger partial charge in [-0.05, 0) is 46.1 Å². The number of likely N-dealkylation sites (N-methyl/N-ethyl adjacent to an activating group) is 1. The summed E-state index contributed by atoms with van der Waals surface area (Å²) < 4.78 is 63.5. The molecule has 12 nitrogen and oxygen atoms in total. The van der Waals surface area contributed by atoms with E-state index in [-0.39, 0.29) is 30.0 Å². The van der Waals surface area contributed by atoms with E-state index >= 15 is 0 Å².